The Bertz CT molecular complexity index is 957. The van der Waals surface area contributed by atoms with Gasteiger partial charge in [0.1, 0.15) is 6.17 Å². The number of carbonyl (C=O) groups excluding carboxylic acids is 1. The van der Waals surface area contributed by atoms with Crippen LogP contribution < -0.4 is 10.1 Å². The highest BCUT2D eigenvalue weighted by Crippen LogP contribution is 2.41. The first-order valence-electron chi connectivity index (χ1n) is 9.33. The highest BCUT2D eigenvalue weighted by molar-refractivity contribution is 6.01. The predicted octanol–water partition coefficient (Wildman–Crippen LogP) is 3.05. The van der Waals surface area contributed by atoms with Crippen LogP contribution in [-0.4, -0.2) is 47.2 Å². The number of rotatable bonds is 5. The van der Waals surface area contributed by atoms with Crippen LogP contribution in [0.15, 0.2) is 36.4 Å². The molecule has 2 aliphatic heterocycles. The van der Waals surface area contributed by atoms with E-state index in [-0.39, 0.29) is 34.8 Å². The summed E-state index contributed by atoms with van der Waals surface area (Å²) >= 11 is 0. The zero-order valence-corrected chi connectivity index (χ0v) is 15.8. The lowest BCUT2D eigenvalue weighted by atomic mass is 10.0. The minimum absolute atomic E-state index is 0.0933. The number of anilines is 1. The van der Waals surface area contributed by atoms with Gasteiger partial charge in [0.25, 0.3) is 11.6 Å². The number of benzene rings is 2. The molecule has 0 saturated carbocycles. The summed E-state index contributed by atoms with van der Waals surface area (Å²) in [6, 6.07) is 9.48. The number of nitrogens with zero attached hydrogens (tertiary/aromatic N) is 2. The molecule has 1 fully saturated rings. The van der Waals surface area contributed by atoms with E-state index in [0.717, 1.165) is 18.9 Å². The number of carbonyl (C=O) groups is 1. The van der Waals surface area contributed by atoms with Gasteiger partial charge < -0.3 is 24.8 Å². The van der Waals surface area contributed by atoms with Gasteiger partial charge in [0.05, 0.1) is 35.3 Å². The number of methoxy groups -OCH3 is 1. The fourth-order valence-electron chi connectivity index (χ4n) is 3.85. The highest BCUT2D eigenvalue weighted by atomic mass is 16.6. The zero-order valence-electron chi connectivity index (χ0n) is 15.8. The molecule has 2 N–H and O–H groups in total. The maximum Gasteiger partial charge on any atom is 0.280 e. The van der Waals surface area contributed by atoms with Crippen molar-refractivity contribution in [2.45, 2.75) is 25.1 Å². The van der Waals surface area contributed by atoms with E-state index in [9.17, 15) is 20.0 Å². The summed E-state index contributed by atoms with van der Waals surface area (Å²) in [5.74, 6) is -0.479. The molecule has 0 unspecified atom stereocenters. The molecule has 1 amide bonds. The first-order valence-corrected chi connectivity index (χ1v) is 9.33. The van der Waals surface area contributed by atoms with Crippen LogP contribution in [0.2, 0.25) is 0 Å². The van der Waals surface area contributed by atoms with Crippen molar-refractivity contribution in [3.8, 4) is 11.5 Å². The van der Waals surface area contributed by atoms with Crippen LogP contribution in [0, 0.1) is 10.1 Å². The summed E-state index contributed by atoms with van der Waals surface area (Å²) in [6.45, 7) is 0.930. The Hall–Kier alpha value is -3.33. The van der Waals surface area contributed by atoms with Crippen LogP contribution in [0.25, 0.3) is 0 Å². The maximum absolute atomic E-state index is 13.3. The van der Waals surface area contributed by atoms with Crippen LogP contribution in [0.5, 0.6) is 11.5 Å². The normalized spacial score (nSPS) is 20.9. The average molecular weight is 399 g/mol. The van der Waals surface area contributed by atoms with Crippen molar-refractivity contribution in [1.82, 2.24) is 4.90 Å². The van der Waals surface area contributed by atoms with Gasteiger partial charge in [-0.3, -0.25) is 14.9 Å². The molecule has 0 aliphatic carbocycles. The molecule has 9 nitrogen and oxygen atoms in total. The number of aromatic hydroxyl groups is 1. The molecule has 0 bridgehead atoms. The van der Waals surface area contributed by atoms with Gasteiger partial charge in [-0.05, 0) is 31.0 Å². The monoisotopic (exact) mass is 399 g/mol. The Labute approximate surface area is 167 Å². The third kappa shape index (κ3) is 3.44. The van der Waals surface area contributed by atoms with Gasteiger partial charge >= 0.3 is 0 Å². The molecule has 2 heterocycles. The number of fused-ring (bicyclic) bond motifs is 1. The lowest BCUT2D eigenvalue weighted by Gasteiger charge is -2.39. The number of ether oxygens (including phenoxy) is 2. The topological polar surface area (TPSA) is 114 Å². The lowest BCUT2D eigenvalue weighted by Crippen LogP contribution is -2.46. The van der Waals surface area contributed by atoms with E-state index >= 15 is 0 Å². The van der Waals surface area contributed by atoms with E-state index in [1.165, 1.54) is 13.2 Å². The molecule has 2 aromatic rings. The van der Waals surface area contributed by atoms with Gasteiger partial charge in [0.15, 0.2) is 11.5 Å². The van der Waals surface area contributed by atoms with Crippen LogP contribution in [0.1, 0.15) is 34.9 Å². The number of nitro groups is 1. The smallest absolute Gasteiger partial charge is 0.280 e. The van der Waals surface area contributed by atoms with E-state index in [1.54, 1.807) is 29.2 Å². The van der Waals surface area contributed by atoms with E-state index in [2.05, 4.69) is 5.32 Å². The second-order valence-corrected chi connectivity index (χ2v) is 7.02. The number of nitro benzene ring substituents is 1. The first-order chi connectivity index (χ1) is 14.0. The van der Waals surface area contributed by atoms with Crippen LogP contribution in [0.3, 0.4) is 0 Å². The minimum atomic E-state index is -0.809. The molecule has 152 valence electrons. The quantitative estimate of drug-likeness (QED) is 0.587. The zero-order chi connectivity index (χ0) is 20.5. The van der Waals surface area contributed by atoms with Crippen molar-refractivity contribution in [2.75, 3.05) is 25.6 Å². The molecular formula is C20H21N3O6. The molecule has 4 rings (SSSR count). The minimum Gasteiger partial charge on any atom is -0.504 e. The molecular weight excluding hydrogens is 378 g/mol. The molecule has 0 spiro atoms. The SMILES string of the molecule is COc1cc([C@@H]2Nc3ccccc3C(=O)N2C[C@H]2CCCO2)c([N+](=O)[O-])cc1O. The lowest BCUT2D eigenvalue weighted by molar-refractivity contribution is -0.386. The summed E-state index contributed by atoms with van der Waals surface area (Å²) < 4.78 is 10.8. The van der Waals surface area contributed by atoms with Gasteiger partial charge in [-0.2, -0.15) is 0 Å². The largest absolute Gasteiger partial charge is 0.504 e. The van der Waals surface area contributed by atoms with Gasteiger partial charge in [-0.25, -0.2) is 0 Å². The molecule has 2 aliphatic rings. The summed E-state index contributed by atoms with van der Waals surface area (Å²) in [7, 11) is 1.36. The first kappa shape index (κ1) is 19.0. The number of amides is 1. The molecule has 0 radical (unpaired) electrons. The highest BCUT2D eigenvalue weighted by Gasteiger charge is 2.38. The maximum atomic E-state index is 13.3. The summed E-state index contributed by atoms with van der Waals surface area (Å²) in [5, 5.41) is 25.0. The van der Waals surface area contributed by atoms with Crippen molar-refractivity contribution in [1.29, 1.82) is 0 Å². The van der Waals surface area contributed by atoms with Crippen LogP contribution in [0.4, 0.5) is 11.4 Å². The summed E-state index contributed by atoms with van der Waals surface area (Å²) in [6.07, 6.45) is 0.788. The van der Waals surface area contributed by atoms with Gasteiger partial charge in [0.2, 0.25) is 0 Å². The molecule has 0 aromatic heterocycles. The summed E-state index contributed by atoms with van der Waals surface area (Å²) in [5.41, 5.74) is 1.01. The van der Waals surface area contributed by atoms with E-state index in [4.69, 9.17) is 9.47 Å². The third-order valence-electron chi connectivity index (χ3n) is 5.27. The van der Waals surface area contributed by atoms with Gasteiger partial charge in [-0.15, -0.1) is 0 Å². The number of phenols is 1. The average Bonchev–Trinajstić information content (AvgIpc) is 3.23. The second-order valence-electron chi connectivity index (χ2n) is 7.02. The fraction of sp³-hybridized carbons (Fsp3) is 0.350. The van der Waals surface area contributed by atoms with E-state index in [0.29, 0.717) is 24.4 Å². The van der Waals surface area contributed by atoms with Crippen molar-refractivity contribution >= 4 is 17.3 Å². The molecule has 9 heteroatoms. The molecule has 1 saturated heterocycles. The third-order valence-corrected chi connectivity index (χ3v) is 5.27. The molecule has 2 atom stereocenters. The summed E-state index contributed by atoms with van der Waals surface area (Å²) in [4.78, 5) is 25.9. The Kier molecular flexibility index (Phi) is 4.98. The number of nitrogens with one attached hydrogen (secondary N) is 1. The van der Waals surface area contributed by atoms with E-state index < -0.39 is 11.1 Å². The Balaban J connectivity index is 1.83. The van der Waals surface area contributed by atoms with Crippen molar-refractivity contribution in [2.24, 2.45) is 0 Å². The van der Waals surface area contributed by atoms with Gasteiger partial charge in [-0.1, -0.05) is 12.1 Å². The molecule has 2 aromatic carbocycles. The second kappa shape index (κ2) is 7.59. The fourth-order valence-corrected chi connectivity index (χ4v) is 3.85. The number of hydrogen-bond acceptors (Lipinski definition) is 7. The van der Waals surface area contributed by atoms with Crippen LogP contribution in [-0.2, 0) is 4.74 Å². The van der Waals surface area contributed by atoms with Crippen molar-refractivity contribution in [3.63, 3.8) is 0 Å². The number of para-hydroxylation sites is 1. The van der Waals surface area contributed by atoms with E-state index in [1.807, 2.05) is 0 Å². The predicted molar refractivity (Wildman–Crippen MR) is 104 cm³/mol. The Morgan fingerprint density at radius 2 is 2.17 bits per heavy atom. The Morgan fingerprint density at radius 3 is 2.86 bits per heavy atom. The standard InChI is InChI=1S/C20H21N3O6/c1-28-18-9-14(16(23(26)27)10-17(18)24)19-21-15-7-3-2-6-13(15)20(25)22(19)11-12-5-4-8-29-12/h2-3,6-7,9-10,12,19,21,24H,4-5,8,11H2,1H3/t12-,19-/m1/s1. The Morgan fingerprint density at radius 1 is 1.38 bits per heavy atom. The van der Waals surface area contributed by atoms with Crippen molar-refractivity contribution < 1.29 is 24.3 Å². The molecule has 29 heavy (non-hydrogen) atoms. The van der Waals surface area contributed by atoms with Gasteiger partial charge in [0, 0.05) is 18.8 Å². The number of hydrogen-bond donors (Lipinski definition) is 2. The number of phenolic OH excluding ortho intramolecular Hbond substituents is 1. The van der Waals surface area contributed by atoms with Crippen molar-refractivity contribution in [3.05, 3.63) is 57.6 Å². The van der Waals surface area contributed by atoms with Crippen LogP contribution >= 0.6 is 0 Å².